The minimum absolute atomic E-state index is 0.121. The van der Waals surface area contributed by atoms with Crippen LogP contribution in [0.25, 0.3) is 0 Å². The number of hydrogen-bond donors (Lipinski definition) is 3. The van der Waals surface area contributed by atoms with E-state index in [1.165, 1.54) is 23.1 Å². The third-order valence-electron chi connectivity index (χ3n) is 3.53. The molecule has 24 heavy (non-hydrogen) atoms. The number of thioether (sulfide) groups is 1. The molecule has 128 valence electrons. The standard InChI is InChI=1S/C15H18N4O3S2/c1-2-22-14(21)10-6-5-8(23-10)3-4-9-7-17-12-11(24-9)13(20)19-15(16)18-12/h5-6,9H,2-4,7H2,1H3,(H4,16,17,18,19,20)/t9-/m0/s1. The zero-order valence-electron chi connectivity index (χ0n) is 13.1. The van der Waals surface area contributed by atoms with E-state index in [-0.39, 0.29) is 22.7 Å². The molecule has 0 radical (unpaired) electrons. The molecule has 3 heterocycles. The Labute approximate surface area is 147 Å². The number of rotatable bonds is 5. The normalized spacial score (nSPS) is 16.3. The van der Waals surface area contributed by atoms with Crippen molar-refractivity contribution in [3.05, 3.63) is 32.2 Å². The number of nitrogens with one attached hydrogen (secondary N) is 2. The molecule has 0 saturated heterocycles. The van der Waals surface area contributed by atoms with Crippen LogP contribution in [0.4, 0.5) is 11.8 Å². The predicted octanol–water partition coefficient (Wildman–Crippen LogP) is 2.11. The molecule has 0 amide bonds. The molecular formula is C15H18N4O3S2. The average Bonchev–Trinajstić information content (AvgIpc) is 3.02. The van der Waals surface area contributed by atoms with Crippen molar-refractivity contribution in [2.45, 2.75) is 29.9 Å². The Morgan fingerprint density at radius 1 is 1.50 bits per heavy atom. The highest BCUT2D eigenvalue weighted by Crippen LogP contribution is 2.33. The highest BCUT2D eigenvalue weighted by atomic mass is 32.2. The summed E-state index contributed by atoms with van der Waals surface area (Å²) in [7, 11) is 0. The summed E-state index contributed by atoms with van der Waals surface area (Å²) in [4.78, 5) is 32.6. The minimum atomic E-state index is -0.272. The van der Waals surface area contributed by atoms with Crippen molar-refractivity contribution >= 4 is 40.8 Å². The first kappa shape index (κ1) is 16.8. The number of nitrogen functional groups attached to an aromatic ring is 1. The average molecular weight is 366 g/mol. The molecular weight excluding hydrogens is 348 g/mol. The van der Waals surface area contributed by atoms with Crippen molar-refractivity contribution in [2.75, 3.05) is 24.2 Å². The van der Waals surface area contributed by atoms with Crippen LogP contribution in [0.5, 0.6) is 0 Å². The van der Waals surface area contributed by atoms with E-state index < -0.39 is 0 Å². The minimum Gasteiger partial charge on any atom is -0.462 e. The van der Waals surface area contributed by atoms with E-state index in [1.54, 1.807) is 13.0 Å². The smallest absolute Gasteiger partial charge is 0.348 e. The monoisotopic (exact) mass is 366 g/mol. The van der Waals surface area contributed by atoms with Gasteiger partial charge in [-0.25, -0.2) is 4.79 Å². The van der Waals surface area contributed by atoms with Crippen LogP contribution >= 0.6 is 23.1 Å². The SMILES string of the molecule is CCOC(=O)c1ccc(CC[C@H]2CNc3nc(N)[nH]c(=O)c3S2)s1. The van der Waals surface area contributed by atoms with Gasteiger partial charge in [0.1, 0.15) is 15.6 Å². The molecule has 1 aliphatic heterocycles. The largest absolute Gasteiger partial charge is 0.462 e. The zero-order chi connectivity index (χ0) is 17.1. The summed E-state index contributed by atoms with van der Waals surface area (Å²) in [5.74, 6) is 0.403. The molecule has 0 unspecified atom stereocenters. The maximum absolute atomic E-state index is 12.0. The van der Waals surface area contributed by atoms with E-state index in [2.05, 4.69) is 15.3 Å². The predicted molar refractivity (Wildman–Crippen MR) is 96.0 cm³/mol. The fourth-order valence-corrected chi connectivity index (χ4v) is 4.46. The van der Waals surface area contributed by atoms with Gasteiger partial charge >= 0.3 is 5.97 Å². The number of carbonyl (C=O) groups excluding carboxylic acids is 1. The fourth-order valence-electron chi connectivity index (χ4n) is 2.42. The van der Waals surface area contributed by atoms with Crippen molar-refractivity contribution in [1.29, 1.82) is 0 Å². The second-order valence-corrected chi connectivity index (χ2v) is 7.75. The quantitative estimate of drug-likeness (QED) is 0.695. The number of ether oxygens (including phenoxy) is 1. The molecule has 0 spiro atoms. The van der Waals surface area contributed by atoms with E-state index in [9.17, 15) is 9.59 Å². The van der Waals surface area contributed by atoms with Crippen LogP contribution in [-0.2, 0) is 11.2 Å². The molecule has 2 aromatic rings. The molecule has 3 rings (SSSR count). The van der Waals surface area contributed by atoms with Gasteiger partial charge in [-0.2, -0.15) is 4.98 Å². The molecule has 0 fully saturated rings. The number of aromatic amines is 1. The topological polar surface area (TPSA) is 110 Å². The van der Waals surface area contributed by atoms with Crippen molar-refractivity contribution in [1.82, 2.24) is 9.97 Å². The summed E-state index contributed by atoms with van der Waals surface area (Å²) in [6, 6.07) is 3.76. The van der Waals surface area contributed by atoms with E-state index in [1.807, 2.05) is 6.07 Å². The number of hydrogen-bond acceptors (Lipinski definition) is 8. The van der Waals surface area contributed by atoms with Gasteiger partial charge < -0.3 is 15.8 Å². The molecule has 2 aromatic heterocycles. The van der Waals surface area contributed by atoms with E-state index in [0.29, 0.717) is 22.2 Å². The van der Waals surface area contributed by atoms with E-state index in [4.69, 9.17) is 10.5 Å². The molecule has 0 bridgehead atoms. The Bertz CT molecular complexity index is 802. The number of anilines is 2. The van der Waals surface area contributed by atoms with Gasteiger partial charge in [-0.3, -0.25) is 9.78 Å². The van der Waals surface area contributed by atoms with Crippen LogP contribution in [0.3, 0.4) is 0 Å². The van der Waals surface area contributed by atoms with Crippen molar-refractivity contribution in [3.63, 3.8) is 0 Å². The third kappa shape index (κ3) is 3.73. The Morgan fingerprint density at radius 2 is 2.33 bits per heavy atom. The number of aromatic nitrogens is 2. The van der Waals surface area contributed by atoms with Crippen molar-refractivity contribution < 1.29 is 9.53 Å². The second kappa shape index (κ2) is 7.27. The molecule has 0 aromatic carbocycles. The summed E-state index contributed by atoms with van der Waals surface area (Å²) in [6.45, 7) is 2.90. The number of nitrogens with two attached hydrogens (primary N) is 1. The summed E-state index contributed by atoms with van der Waals surface area (Å²) in [5.41, 5.74) is 5.34. The summed E-state index contributed by atoms with van der Waals surface area (Å²) >= 11 is 2.98. The molecule has 1 atom stereocenters. The van der Waals surface area contributed by atoms with Crippen LogP contribution in [0, 0.1) is 0 Å². The van der Waals surface area contributed by atoms with Gasteiger partial charge in [-0.1, -0.05) is 0 Å². The Hall–Kier alpha value is -2.00. The molecule has 4 N–H and O–H groups in total. The Balaban J connectivity index is 1.60. The second-order valence-electron chi connectivity index (χ2n) is 5.27. The van der Waals surface area contributed by atoms with Gasteiger partial charge in [0.15, 0.2) is 0 Å². The van der Waals surface area contributed by atoms with Crippen molar-refractivity contribution in [2.24, 2.45) is 0 Å². The van der Waals surface area contributed by atoms with E-state index in [0.717, 1.165) is 24.3 Å². The van der Waals surface area contributed by atoms with Gasteiger partial charge in [0.2, 0.25) is 5.95 Å². The molecule has 0 saturated carbocycles. The summed E-state index contributed by atoms with van der Waals surface area (Å²) in [6.07, 6.45) is 1.74. The van der Waals surface area contributed by atoms with Gasteiger partial charge in [0.05, 0.1) is 6.61 Å². The first-order chi connectivity index (χ1) is 11.6. The fraction of sp³-hybridized carbons (Fsp3) is 0.400. The van der Waals surface area contributed by atoms with Crippen LogP contribution in [-0.4, -0.2) is 34.3 Å². The Morgan fingerprint density at radius 3 is 3.12 bits per heavy atom. The number of H-pyrrole nitrogens is 1. The lowest BCUT2D eigenvalue weighted by Crippen LogP contribution is -2.28. The summed E-state index contributed by atoms with van der Waals surface area (Å²) < 4.78 is 5.00. The maximum atomic E-state index is 12.0. The lowest BCUT2D eigenvalue weighted by Gasteiger charge is -2.23. The van der Waals surface area contributed by atoms with Gasteiger partial charge in [-0.15, -0.1) is 23.1 Å². The molecule has 0 aliphatic carbocycles. The lowest BCUT2D eigenvalue weighted by molar-refractivity contribution is 0.0532. The molecule has 9 heteroatoms. The van der Waals surface area contributed by atoms with Crippen LogP contribution in [0.2, 0.25) is 0 Å². The molecule has 7 nitrogen and oxygen atoms in total. The lowest BCUT2D eigenvalue weighted by atomic mass is 10.2. The maximum Gasteiger partial charge on any atom is 0.348 e. The Kier molecular flexibility index (Phi) is 5.10. The van der Waals surface area contributed by atoms with Gasteiger partial charge in [0, 0.05) is 16.7 Å². The summed E-state index contributed by atoms with van der Waals surface area (Å²) in [5, 5.41) is 3.43. The number of esters is 1. The highest BCUT2D eigenvalue weighted by Gasteiger charge is 2.23. The highest BCUT2D eigenvalue weighted by molar-refractivity contribution is 8.00. The van der Waals surface area contributed by atoms with Crippen LogP contribution < -0.4 is 16.6 Å². The third-order valence-corrected chi connectivity index (χ3v) is 6.00. The van der Waals surface area contributed by atoms with Crippen LogP contribution in [0.1, 0.15) is 27.9 Å². The van der Waals surface area contributed by atoms with Gasteiger partial charge in [0.25, 0.3) is 5.56 Å². The number of fused-ring (bicyclic) bond motifs is 1. The number of carbonyl (C=O) groups is 1. The molecule has 1 aliphatic rings. The number of thiophene rings is 1. The first-order valence-corrected chi connectivity index (χ1v) is 9.32. The van der Waals surface area contributed by atoms with Crippen molar-refractivity contribution in [3.8, 4) is 0 Å². The zero-order valence-corrected chi connectivity index (χ0v) is 14.8. The number of nitrogens with zero attached hydrogens (tertiary/aromatic N) is 1. The van der Waals surface area contributed by atoms with Gasteiger partial charge in [-0.05, 0) is 31.9 Å². The number of aryl methyl sites for hydroxylation is 1. The first-order valence-electron chi connectivity index (χ1n) is 7.63. The van der Waals surface area contributed by atoms with Crippen LogP contribution in [0.15, 0.2) is 21.8 Å². The van der Waals surface area contributed by atoms with E-state index >= 15 is 0 Å².